The molecule has 11 heterocycles. The first-order chi connectivity index (χ1) is 60.5. The molecule has 11 aromatic carbocycles. The molecule has 0 saturated heterocycles. The minimum absolute atomic E-state index is 0.0713. The molecule has 3 atom stereocenters. The molecule has 124 heavy (non-hydrogen) atoms. The first-order valence-electron chi connectivity index (χ1n) is 40.1. The summed E-state index contributed by atoms with van der Waals surface area (Å²) >= 11 is 0. The molecule has 0 amide bonds. The number of hydrogen-bond acceptors (Lipinski definition) is 15. The summed E-state index contributed by atoms with van der Waals surface area (Å²) < 4.78 is 5.55. The van der Waals surface area contributed by atoms with Crippen molar-refractivity contribution in [3.8, 4) is 79.1 Å². The van der Waals surface area contributed by atoms with Gasteiger partial charge in [0.15, 0.2) is 23.8 Å². The molecule has 0 aliphatic heterocycles. The molecule has 3 unspecified atom stereocenters. The third-order valence-electron chi connectivity index (χ3n) is 22.1. The van der Waals surface area contributed by atoms with Crippen LogP contribution in [0.25, 0.3) is 199 Å². The Labute approximate surface area is 719 Å². The predicted molar refractivity (Wildman–Crippen MR) is 512 cm³/mol. The number of benzene rings is 11. The van der Waals surface area contributed by atoms with Crippen LogP contribution >= 0.6 is 23.9 Å². The summed E-state index contributed by atoms with van der Waals surface area (Å²) in [6.45, 7) is 7.45. The molecule has 6 radical (unpaired) electrons. The Bertz CT molecular complexity index is 7820. The highest BCUT2D eigenvalue weighted by molar-refractivity contribution is 7.81. The number of carbonyl (C=O) groups is 1. The lowest BCUT2D eigenvalue weighted by Gasteiger charge is -2.09. The Morgan fingerprint density at radius 2 is 0.702 bits per heavy atom. The number of aldehydes is 1. The van der Waals surface area contributed by atoms with E-state index in [-0.39, 0.29) is 6.61 Å². The number of aliphatic hydroxyl groups excluding tert-OH is 1. The van der Waals surface area contributed by atoms with Crippen LogP contribution in [0.15, 0.2) is 274 Å². The van der Waals surface area contributed by atoms with Crippen LogP contribution in [0.1, 0.15) is 27.2 Å². The summed E-state index contributed by atoms with van der Waals surface area (Å²) in [5.74, 6) is 2.17. The van der Waals surface area contributed by atoms with Crippen molar-refractivity contribution in [2.45, 2.75) is 19.7 Å². The average molecular weight is 1670 g/mol. The predicted octanol–water partition coefficient (Wildman–Crippen LogP) is 20.5. The van der Waals surface area contributed by atoms with Crippen molar-refractivity contribution in [3.63, 3.8) is 0 Å². The van der Waals surface area contributed by atoms with Gasteiger partial charge in [-0.15, -0.1) is 0 Å². The number of nitrogens with zero attached hydrogens (tertiary/aromatic N) is 16. The van der Waals surface area contributed by atoms with E-state index in [1.807, 2.05) is 157 Å². The molecule has 28 heteroatoms. The molecular formula is C96H78B3N20O2P3. The lowest BCUT2D eigenvalue weighted by molar-refractivity contribution is 0.112. The maximum absolute atomic E-state index is 11.4. The number of aromatic nitrogens is 18. The molecular weight excluding hydrogens is 1590 g/mol. The van der Waals surface area contributed by atoms with Gasteiger partial charge in [-0.3, -0.25) is 43.2 Å². The standard InChI is InChI=1S/C27H24BN6P.C26H22N6.C25H19BN5OP.C18H13BN3OP/c1-33(2)16-19-8-6-10-23-25(19)31-27(30-23)26-21-13-17(11-12-24(21)34(32-26)35(3)28)22-15-29-14-18-7-4-5-9-20(18)22;1-32(2)15-18-7-5-9-23-24(18)29-26(28-23)25-20-12-16(10-11-22(20)30-31-25)21-14-27-13-17-6-3-4-8-19(17)21;1-33(26)31-22-10-9-15(20-13-27-12-16-5-2-3-7-18(16)20)11-19(22)24(30-31)25-28-21-8-4-6-17(14-32)23(21)29-25;1-24(19)22-18-7-6-12(8-15(18)17(11-23)21-22)16-10-20-9-13-4-2-3-5-14(13)16/h4-15H,16H2,1-3H3,(H,30,31);3-14H,15H2,1-2H3,(H,28,29)(H,30,31);2-13,32H,14H2,1H3,(H,28,29);2-11H,1H3. The van der Waals surface area contributed by atoms with Crippen molar-refractivity contribution in [2.24, 2.45) is 0 Å². The fourth-order valence-corrected chi connectivity index (χ4v) is 18.7. The monoisotopic (exact) mass is 1670 g/mol. The molecule has 0 aliphatic carbocycles. The highest BCUT2D eigenvalue weighted by Crippen LogP contribution is 2.44. The van der Waals surface area contributed by atoms with E-state index in [0.717, 1.165) is 207 Å². The van der Waals surface area contributed by atoms with E-state index in [0.29, 0.717) is 11.5 Å². The van der Waals surface area contributed by atoms with E-state index in [9.17, 15) is 9.90 Å². The lowest BCUT2D eigenvalue weighted by atomic mass is 9.99. The highest BCUT2D eigenvalue weighted by atomic mass is 31.1. The number of imidazole rings is 3. The summed E-state index contributed by atoms with van der Waals surface area (Å²) in [7, 11) is 24.1. The number of nitrogens with one attached hydrogen (secondary N) is 4. The second-order valence-corrected chi connectivity index (χ2v) is 35.7. The summed E-state index contributed by atoms with van der Waals surface area (Å²) in [5, 5.41) is 44.5. The Kier molecular flexibility index (Phi) is 22.0. The Morgan fingerprint density at radius 3 is 1.08 bits per heavy atom. The van der Waals surface area contributed by atoms with Gasteiger partial charge in [-0.1, -0.05) is 158 Å². The second kappa shape index (κ2) is 34.0. The highest BCUT2D eigenvalue weighted by Gasteiger charge is 2.24. The minimum Gasteiger partial charge on any atom is -0.392 e. The van der Waals surface area contributed by atoms with Crippen LogP contribution in [0, 0.1) is 0 Å². The van der Waals surface area contributed by atoms with E-state index in [4.69, 9.17) is 47.8 Å². The number of rotatable bonds is 16. The van der Waals surface area contributed by atoms with E-state index >= 15 is 0 Å². The van der Waals surface area contributed by atoms with Gasteiger partial charge in [0.25, 0.3) is 0 Å². The molecule has 22 aromatic rings. The fourth-order valence-electron chi connectivity index (χ4n) is 16.4. The van der Waals surface area contributed by atoms with Gasteiger partial charge in [0.05, 0.1) is 61.8 Å². The van der Waals surface area contributed by atoms with E-state index in [2.05, 4.69) is 234 Å². The average Bonchev–Trinajstić information content (AvgIpc) is 1.60. The Morgan fingerprint density at radius 1 is 0.363 bits per heavy atom. The van der Waals surface area contributed by atoms with Crippen molar-refractivity contribution in [3.05, 3.63) is 296 Å². The van der Waals surface area contributed by atoms with Crippen LogP contribution in [0.5, 0.6) is 0 Å². The van der Waals surface area contributed by atoms with Crippen molar-refractivity contribution in [2.75, 3.05) is 48.2 Å². The van der Waals surface area contributed by atoms with Gasteiger partial charge in [-0.05, 0) is 194 Å². The van der Waals surface area contributed by atoms with Gasteiger partial charge in [0.1, 0.15) is 45.5 Å². The number of H-pyrrole nitrogens is 4. The van der Waals surface area contributed by atoms with Crippen LogP contribution in [-0.2, 0) is 19.7 Å². The van der Waals surface area contributed by atoms with Crippen molar-refractivity contribution < 1.29 is 9.90 Å². The molecule has 22 nitrogen and oxygen atoms in total. The Hall–Kier alpha value is -13.6. The number of fused-ring (bicyclic) bond motifs is 11. The third kappa shape index (κ3) is 15.3. The number of aliphatic hydroxyl groups is 1. The van der Waals surface area contributed by atoms with Gasteiger partial charge in [-0.2, -0.15) is 20.4 Å². The number of pyridine rings is 4. The summed E-state index contributed by atoms with van der Waals surface area (Å²) in [5.41, 5.74) is 23.9. The lowest BCUT2D eigenvalue weighted by Crippen LogP contribution is -2.10. The zero-order valence-electron chi connectivity index (χ0n) is 68.8. The van der Waals surface area contributed by atoms with Crippen LogP contribution in [0.3, 0.4) is 0 Å². The first kappa shape index (κ1) is 80.1. The zero-order chi connectivity index (χ0) is 85.0. The largest absolute Gasteiger partial charge is 0.392 e. The summed E-state index contributed by atoms with van der Waals surface area (Å²) in [4.78, 5) is 58.5. The molecule has 11 aromatic heterocycles. The normalized spacial score (nSPS) is 12.5. The minimum atomic E-state index is -0.979. The smallest absolute Gasteiger partial charge is 0.170 e. The number of aromatic amines is 4. The van der Waals surface area contributed by atoms with Gasteiger partial charge in [0, 0.05) is 134 Å². The van der Waals surface area contributed by atoms with Gasteiger partial charge in [-0.25, -0.2) is 15.0 Å². The fraction of sp³-hybridized carbons (Fsp3) is 0.104. The maximum atomic E-state index is 11.4. The molecule has 0 saturated carbocycles. The topological polar surface area (TPSA) is 264 Å². The molecule has 0 bridgehead atoms. The molecule has 0 spiro atoms. The number of hydrogen-bond donors (Lipinski definition) is 5. The first-order valence-corrected chi connectivity index (χ1v) is 45.6. The zero-order valence-corrected chi connectivity index (χ0v) is 71.4. The van der Waals surface area contributed by atoms with Gasteiger partial charge < -0.3 is 29.9 Å². The molecule has 0 aliphatic rings. The van der Waals surface area contributed by atoms with Crippen LogP contribution < -0.4 is 0 Å². The van der Waals surface area contributed by atoms with Crippen LogP contribution in [0.2, 0.25) is 0 Å². The van der Waals surface area contributed by atoms with Gasteiger partial charge >= 0.3 is 0 Å². The van der Waals surface area contributed by atoms with E-state index < -0.39 is 23.9 Å². The van der Waals surface area contributed by atoms with Gasteiger partial charge in [0.2, 0.25) is 0 Å². The van der Waals surface area contributed by atoms with Crippen LogP contribution in [0.4, 0.5) is 0 Å². The summed E-state index contributed by atoms with van der Waals surface area (Å²) in [6, 6.07) is 76.3. The summed E-state index contributed by atoms with van der Waals surface area (Å²) in [6.07, 6.45) is 15.9. The van der Waals surface area contributed by atoms with Crippen molar-refractivity contribution >= 4 is 173 Å². The van der Waals surface area contributed by atoms with E-state index in [1.165, 1.54) is 21.9 Å². The quantitative estimate of drug-likeness (QED) is 0.0342. The Balaban J connectivity index is 0.000000109. The molecule has 5 N–H and O–H groups in total. The van der Waals surface area contributed by atoms with Crippen LogP contribution in [-0.4, -0.2) is 181 Å². The van der Waals surface area contributed by atoms with E-state index in [1.54, 1.807) is 4.45 Å². The molecule has 0 fully saturated rings. The maximum Gasteiger partial charge on any atom is 0.170 e. The second-order valence-electron chi connectivity index (χ2n) is 31.1. The number of carbonyl (C=O) groups excluding carboxylic acids is 1. The molecule has 22 rings (SSSR count). The van der Waals surface area contributed by atoms with Crippen molar-refractivity contribution in [1.82, 2.24) is 98.5 Å². The third-order valence-corrected chi connectivity index (χ3v) is 24.8. The molecule has 598 valence electrons. The van der Waals surface area contributed by atoms with Crippen molar-refractivity contribution in [1.29, 1.82) is 0 Å². The number of para-hydroxylation sites is 3. The SMILES string of the molecule is CN(C)Cc1cccc2[nH]c(-c3n[nH]c4ccc(-c5cncc6ccccc56)cc34)nc12.[B]P(C)n1nc(-c2nc3c(CN(C)C)cccc3[nH]2)c2cc(-c3cncc4ccccc34)ccc21.[B]P(C)n1nc(-c2nc3c(CO)cccc3[nH]2)c2cc(-c3cncc4ccccc34)ccc21.[B]P(C)n1nc(C=O)c2cc(-c3cncc4ccccc34)ccc21.